The maximum atomic E-state index is 11.7. The predicted octanol–water partition coefficient (Wildman–Crippen LogP) is 0.639. The van der Waals surface area contributed by atoms with Crippen LogP contribution in [0.1, 0.15) is 16.9 Å². The molecule has 0 saturated carbocycles. The summed E-state index contributed by atoms with van der Waals surface area (Å²) >= 11 is 1.29. The number of rotatable bonds is 5. The van der Waals surface area contributed by atoms with Crippen molar-refractivity contribution in [1.82, 2.24) is 4.98 Å². The number of carboxylic acid groups (broad SMARTS) is 1. The van der Waals surface area contributed by atoms with Crippen molar-refractivity contribution < 1.29 is 23.1 Å². The second kappa shape index (κ2) is 6.44. The maximum absolute atomic E-state index is 11.7. The van der Waals surface area contributed by atoms with Crippen LogP contribution in [0.2, 0.25) is 0 Å². The maximum Gasteiger partial charge on any atom is 0.354 e. The van der Waals surface area contributed by atoms with E-state index < -0.39 is 15.8 Å². The lowest BCUT2D eigenvalue weighted by Crippen LogP contribution is -2.18. The predicted molar refractivity (Wildman–Crippen MR) is 79.3 cm³/mol. The third kappa shape index (κ3) is 4.71. The molecule has 1 amide bonds. The molecule has 0 spiro atoms. The van der Waals surface area contributed by atoms with Gasteiger partial charge in [0, 0.05) is 5.25 Å². The van der Waals surface area contributed by atoms with E-state index in [0.717, 1.165) is 0 Å². The van der Waals surface area contributed by atoms with Gasteiger partial charge in [0.15, 0.2) is 15.5 Å². The van der Waals surface area contributed by atoms with E-state index in [2.05, 4.69) is 10.3 Å². The van der Waals surface area contributed by atoms with E-state index in [1.54, 1.807) is 0 Å². The van der Waals surface area contributed by atoms with Crippen LogP contribution in [0.3, 0.4) is 0 Å². The van der Waals surface area contributed by atoms with Crippen LogP contribution in [0.25, 0.3) is 0 Å². The Morgan fingerprint density at radius 3 is 2.81 bits per heavy atom. The normalized spacial score (nSPS) is 20.1. The molecule has 2 heterocycles. The molecule has 7 nitrogen and oxygen atoms in total. The average molecular weight is 330 g/mol. The van der Waals surface area contributed by atoms with Crippen LogP contribution in [0.4, 0.5) is 5.82 Å². The summed E-state index contributed by atoms with van der Waals surface area (Å²) in [6.45, 7) is 0. The molecule has 0 bridgehead atoms. The lowest BCUT2D eigenvalue weighted by molar-refractivity contribution is -0.113. The number of carbonyl (C=O) groups is 2. The quantitative estimate of drug-likeness (QED) is 0.814. The van der Waals surface area contributed by atoms with Crippen molar-refractivity contribution in [1.29, 1.82) is 0 Å². The topological polar surface area (TPSA) is 113 Å². The molecule has 0 aliphatic carbocycles. The minimum atomic E-state index is -2.95. The molecular formula is C12H14N2O5S2. The Kier molecular flexibility index (Phi) is 4.84. The summed E-state index contributed by atoms with van der Waals surface area (Å²) in [6, 6.07) is 4.31. The number of nitrogens with zero attached hydrogens (tertiary/aromatic N) is 1. The Morgan fingerprint density at radius 1 is 1.43 bits per heavy atom. The molecule has 1 aromatic heterocycles. The Labute approximate surface area is 126 Å². The van der Waals surface area contributed by atoms with Crippen LogP contribution in [0.5, 0.6) is 0 Å². The molecule has 21 heavy (non-hydrogen) atoms. The largest absolute Gasteiger partial charge is 0.477 e. The minimum absolute atomic E-state index is 0.0564. The van der Waals surface area contributed by atoms with Crippen molar-refractivity contribution in [2.75, 3.05) is 22.6 Å². The van der Waals surface area contributed by atoms with Gasteiger partial charge < -0.3 is 10.4 Å². The molecule has 2 rings (SSSR count). The van der Waals surface area contributed by atoms with Gasteiger partial charge >= 0.3 is 5.97 Å². The van der Waals surface area contributed by atoms with Gasteiger partial charge in [0.05, 0.1) is 17.3 Å². The van der Waals surface area contributed by atoms with Gasteiger partial charge in [-0.1, -0.05) is 6.07 Å². The first-order chi connectivity index (χ1) is 9.85. The average Bonchev–Trinajstić information content (AvgIpc) is 2.76. The van der Waals surface area contributed by atoms with E-state index in [0.29, 0.717) is 6.42 Å². The molecule has 1 fully saturated rings. The van der Waals surface area contributed by atoms with Crippen molar-refractivity contribution in [2.24, 2.45) is 0 Å². The molecule has 2 N–H and O–H groups in total. The number of amides is 1. The van der Waals surface area contributed by atoms with Crippen molar-refractivity contribution in [3.8, 4) is 0 Å². The second-order valence-electron chi connectivity index (χ2n) is 4.60. The number of hydrogen-bond donors (Lipinski definition) is 2. The summed E-state index contributed by atoms with van der Waals surface area (Å²) in [5.74, 6) is -0.943. The van der Waals surface area contributed by atoms with Gasteiger partial charge in [0.25, 0.3) is 0 Å². The third-order valence-corrected chi connectivity index (χ3v) is 6.16. The zero-order valence-corrected chi connectivity index (χ0v) is 12.6. The fourth-order valence-electron chi connectivity index (χ4n) is 1.89. The smallest absolute Gasteiger partial charge is 0.354 e. The summed E-state index contributed by atoms with van der Waals surface area (Å²) in [6.07, 6.45) is 0.563. The summed E-state index contributed by atoms with van der Waals surface area (Å²) in [4.78, 5) is 26.3. The monoisotopic (exact) mass is 330 g/mol. The number of aromatic nitrogens is 1. The zero-order valence-electron chi connectivity index (χ0n) is 11.0. The van der Waals surface area contributed by atoms with Gasteiger partial charge in [-0.15, -0.1) is 11.8 Å². The van der Waals surface area contributed by atoms with Crippen LogP contribution < -0.4 is 5.32 Å². The fourth-order valence-corrected chi connectivity index (χ4v) is 5.33. The molecule has 9 heteroatoms. The number of aromatic carboxylic acids is 1. The van der Waals surface area contributed by atoms with Gasteiger partial charge in [-0.05, 0) is 18.6 Å². The summed E-state index contributed by atoms with van der Waals surface area (Å²) in [7, 11) is -2.95. The Hall–Kier alpha value is -1.61. The highest BCUT2D eigenvalue weighted by atomic mass is 32.2. The first kappa shape index (κ1) is 15.8. The highest BCUT2D eigenvalue weighted by molar-refractivity contribution is 8.02. The Bertz CT molecular complexity index is 659. The highest BCUT2D eigenvalue weighted by Crippen LogP contribution is 2.24. The highest BCUT2D eigenvalue weighted by Gasteiger charge is 2.28. The number of hydrogen-bond acceptors (Lipinski definition) is 6. The van der Waals surface area contributed by atoms with E-state index in [1.807, 2.05) is 0 Å². The van der Waals surface area contributed by atoms with E-state index in [4.69, 9.17) is 5.11 Å². The standard InChI is InChI=1S/C12H14N2O5S2/c15-11(6-20-8-4-5-21(18,19)7-8)14-10-3-1-2-9(13-10)12(16)17/h1-3,8H,4-7H2,(H,16,17)(H,13,14,15). The van der Waals surface area contributed by atoms with Crippen LogP contribution in [0.15, 0.2) is 18.2 Å². The van der Waals surface area contributed by atoms with E-state index in [9.17, 15) is 18.0 Å². The first-order valence-corrected chi connectivity index (χ1v) is 9.05. The number of carbonyl (C=O) groups excluding carboxylic acids is 1. The third-order valence-electron chi connectivity index (χ3n) is 2.88. The number of carboxylic acids is 1. The molecule has 1 unspecified atom stereocenters. The number of pyridine rings is 1. The van der Waals surface area contributed by atoms with Crippen molar-refractivity contribution in [3.63, 3.8) is 0 Å². The Balaban J connectivity index is 1.85. The van der Waals surface area contributed by atoms with Crippen LogP contribution in [0, 0.1) is 0 Å². The molecule has 1 atom stereocenters. The molecule has 0 radical (unpaired) electrons. The Morgan fingerprint density at radius 2 is 2.19 bits per heavy atom. The van der Waals surface area contributed by atoms with Gasteiger partial charge in [-0.25, -0.2) is 18.2 Å². The lowest BCUT2D eigenvalue weighted by atomic mass is 10.3. The van der Waals surface area contributed by atoms with Crippen molar-refractivity contribution in [3.05, 3.63) is 23.9 Å². The molecule has 1 aliphatic heterocycles. The second-order valence-corrected chi connectivity index (χ2v) is 8.11. The number of sulfone groups is 1. The SMILES string of the molecule is O=C(CSC1CCS(=O)(=O)C1)Nc1cccc(C(=O)O)n1. The molecule has 1 saturated heterocycles. The molecule has 0 aromatic carbocycles. The molecule has 1 aliphatic rings. The number of thioether (sulfide) groups is 1. The van der Waals surface area contributed by atoms with Crippen molar-refractivity contribution >= 4 is 39.3 Å². The molecule has 114 valence electrons. The van der Waals surface area contributed by atoms with Gasteiger partial charge in [-0.3, -0.25) is 4.79 Å². The van der Waals surface area contributed by atoms with Crippen LogP contribution in [-0.2, 0) is 14.6 Å². The van der Waals surface area contributed by atoms with Crippen LogP contribution >= 0.6 is 11.8 Å². The summed E-state index contributed by atoms with van der Waals surface area (Å²) in [5.41, 5.74) is -0.151. The fraction of sp³-hybridized carbons (Fsp3) is 0.417. The van der Waals surface area contributed by atoms with Crippen LogP contribution in [-0.4, -0.2) is 52.9 Å². The lowest BCUT2D eigenvalue weighted by Gasteiger charge is -2.08. The van der Waals surface area contributed by atoms with Gasteiger partial charge in [-0.2, -0.15) is 0 Å². The summed E-state index contributed by atoms with van der Waals surface area (Å²) in [5, 5.41) is 11.2. The number of nitrogens with one attached hydrogen (secondary N) is 1. The number of anilines is 1. The first-order valence-electron chi connectivity index (χ1n) is 6.18. The van der Waals surface area contributed by atoms with E-state index >= 15 is 0 Å². The zero-order chi connectivity index (χ0) is 15.5. The van der Waals surface area contributed by atoms with E-state index in [1.165, 1.54) is 30.0 Å². The summed E-state index contributed by atoms with van der Waals surface area (Å²) < 4.78 is 22.6. The van der Waals surface area contributed by atoms with Crippen molar-refractivity contribution in [2.45, 2.75) is 11.7 Å². The van der Waals surface area contributed by atoms with Gasteiger partial charge in [0.1, 0.15) is 5.82 Å². The van der Waals surface area contributed by atoms with Gasteiger partial charge in [0.2, 0.25) is 5.91 Å². The van der Waals surface area contributed by atoms with E-state index in [-0.39, 0.29) is 39.9 Å². The molecule has 1 aromatic rings. The minimum Gasteiger partial charge on any atom is -0.477 e. The molecular weight excluding hydrogens is 316 g/mol.